The zero-order valence-electron chi connectivity index (χ0n) is 22.5. The second-order valence-corrected chi connectivity index (χ2v) is 12.3. The summed E-state index contributed by atoms with van der Waals surface area (Å²) in [5.74, 6) is 3.27. The summed E-state index contributed by atoms with van der Waals surface area (Å²) in [6.45, 7) is 9.55. The number of para-hydroxylation sites is 2. The lowest BCUT2D eigenvalue weighted by Gasteiger charge is -2.55. The Morgan fingerprint density at radius 2 is 1.49 bits per heavy atom. The Kier molecular flexibility index (Phi) is 6.96. The van der Waals surface area contributed by atoms with Crippen LogP contribution in [-0.4, -0.2) is 50.6 Å². The van der Waals surface area contributed by atoms with Crippen molar-refractivity contribution in [2.24, 2.45) is 11.8 Å². The summed E-state index contributed by atoms with van der Waals surface area (Å²) in [6.07, 6.45) is 16.6. The number of hydrogen-bond donors (Lipinski definition) is 0. The first-order valence-electron chi connectivity index (χ1n) is 15.2. The molecule has 4 nitrogen and oxygen atoms in total. The molecule has 1 aromatic carbocycles. The largest absolute Gasteiger partial charge is 0.323 e. The summed E-state index contributed by atoms with van der Waals surface area (Å²) in [7, 11) is 0. The van der Waals surface area contributed by atoms with Gasteiger partial charge >= 0.3 is 0 Å². The molecule has 4 fully saturated rings. The van der Waals surface area contributed by atoms with Gasteiger partial charge in [-0.2, -0.15) is 0 Å². The van der Waals surface area contributed by atoms with Gasteiger partial charge < -0.3 is 4.57 Å². The predicted molar refractivity (Wildman–Crippen MR) is 146 cm³/mol. The second kappa shape index (κ2) is 10.2. The van der Waals surface area contributed by atoms with Crippen LogP contribution in [0.25, 0.3) is 11.0 Å². The summed E-state index contributed by atoms with van der Waals surface area (Å²) in [6, 6.07) is 12.5. The standard InChI is InChI=1S/C31H48N4/c1-4-22-17-23(5-2)19-26(18-22)34-24-11-9-12-25(34)21-27(20-24)35-29-14-8-7-13-28(29)32-31(35)30-15-10-16-33(30)6-3/h7-8,13-14,22-27,30H,4-6,9-12,15-21H2,1-3H3/t22?,23?,24-,25+,26?,27?,30-/m1/s1. The van der Waals surface area contributed by atoms with Gasteiger partial charge in [0.1, 0.15) is 5.82 Å². The maximum atomic E-state index is 5.32. The van der Waals surface area contributed by atoms with Gasteiger partial charge in [0.05, 0.1) is 17.1 Å². The molecule has 4 heterocycles. The number of nitrogens with zero attached hydrogens (tertiary/aromatic N) is 4. The lowest BCUT2D eigenvalue weighted by Crippen LogP contribution is -2.58. The van der Waals surface area contributed by atoms with Crippen LogP contribution >= 0.6 is 0 Å². The molecule has 0 radical (unpaired) electrons. The van der Waals surface area contributed by atoms with Crippen LogP contribution in [0.4, 0.5) is 0 Å². The first-order chi connectivity index (χ1) is 17.2. The molecule has 2 bridgehead atoms. The van der Waals surface area contributed by atoms with Crippen molar-refractivity contribution in [3.63, 3.8) is 0 Å². The quantitative estimate of drug-likeness (QED) is 0.435. The van der Waals surface area contributed by atoms with E-state index in [-0.39, 0.29) is 0 Å². The van der Waals surface area contributed by atoms with Gasteiger partial charge in [-0.05, 0) is 94.8 Å². The molecule has 0 N–H and O–H groups in total. The highest BCUT2D eigenvalue weighted by molar-refractivity contribution is 5.76. The number of imidazole rings is 1. The molecular formula is C31H48N4. The molecule has 1 aromatic heterocycles. The highest BCUT2D eigenvalue weighted by Crippen LogP contribution is 2.47. The Morgan fingerprint density at radius 3 is 2.17 bits per heavy atom. The molecule has 0 amide bonds. The van der Waals surface area contributed by atoms with E-state index in [9.17, 15) is 0 Å². The maximum Gasteiger partial charge on any atom is 0.127 e. The van der Waals surface area contributed by atoms with Crippen molar-refractivity contribution in [2.75, 3.05) is 13.1 Å². The Balaban J connectivity index is 1.32. The van der Waals surface area contributed by atoms with Crippen LogP contribution in [0.2, 0.25) is 0 Å². The Hall–Kier alpha value is -1.39. The number of likely N-dealkylation sites (tertiary alicyclic amines) is 1. The summed E-state index contributed by atoms with van der Waals surface area (Å²) < 4.78 is 2.75. The molecule has 2 aromatic rings. The van der Waals surface area contributed by atoms with Crippen molar-refractivity contribution >= 4 is 11.0 Å². The third kappa shape index (κ3) is 4.37. The average molecular weight is 477 g/mol. The highest BCUT2D eigenvalue weighted by atomic mass is 15.3. The number of fused-ring (bicyclic) bond motifs is 3. The second-order valence-electron chi connectivity index (χ2n) is 12.3. The summed E-state index contributed by atoms with van der Waals surface area (Å²) in [5.41, 5.74) is 2.60. The van der Waals surface area contributed by atoms with E-state index < -0.39 is 0 Å². The number of hydrogen-bond acceptors (Lipinski definition) is 3. The molecule has 6 rings (SSSR count). The van der Waals surface area contributed by atoms with E-state index in [1.807, 2.05) is 0 Å². The molecule has 1 aliphatic carbocycles. The number of rotatable bonds is 6. The van der Waals surface area contributed by atoms with Crippen LogP contribution in [0.3, 0.4) is 0 Å². The fourth-order valence-electron chi connectivity index (χ4n) is 8.81. The summed E-state index contributed by atoms with van der Waals surface area (Å²) in [5, 5.41) is 0. The van der Waals surface area contributed by atoms with E-state index in [0.717, 1.165) is 36.5 Å². The molecule has 3 saturated heterocycles. The van der Waals surface area contributed by atoms with Gasteiger partial charge in [0, 0.05) is 24.2 Å². The molecule has 192 valence electrons. The summed E-state index contributed by atoms with van der Waals surface area (Å²) in [4.78, 5) is 11.1. The lowest BCUT2D eigenvalue weighted by atomic mass is 9.72. The van der Waals surface area contributed by atoms with Crippen LogP contribution in [0, 0.1) is 11.8 Å². The van der Waals surface area contributed by atoms with Crippen molar-refractivity contribution < 1.29 is 0 Å². The molecule has 0 spiro atoms. The highest BCUT2D eigenvalue weighted by Gasteiger charge is 2.45. The molecule has 6 atom stereocenters. The maximum absolute atomic E-state index is 5.32. The van der Waals surface area contributed by atoms with E-state index >= 15 is 0 Å². The topological polar surface area (TPSA) is 24.3 Å². The third-order valence-electron chi connectivity index (χ3n) is 10.5. The van der Waals surface area contributed by atoms with Gasteiger partial charge in [-0.25, -0.2) is 4.98 Å². The molecule has 4 heteroatoms. The molecule has 4 aliphatic rings. The normalized spacial score (nSPS) is 36.7. The number of piperidine rings is 2. The number of aromatic nitrogens is 2. The van der Waals surface area contributed by atoms with Crippen LogP contribution in [0.15, 0.2) is 24.3 Å². The molecule has 1 saturated carbocycles. The smallest absolute Gasteiger partial charge is 0.127 e. The van der Waals surface area contributed by atoms with E-state index in [0.29, 0.717) is 12.1 Å². The third-order valence-corrected chi connectivity index (χ3v) is 10.5. The SMILES string of the molecule is CCC1CC(CC)CC(N2[C@@H]3CCC[C@H]2CC(n2c([C@H]4CCCN4CC)nc4ccccc42)C3)C1. The van der Waals surface area contributed by atoms with Crippen molar-refractivity contribution in [1.82, 2.24) is 19.4 Å². The van der Waals surface area contributed by atoms with Gasteiger partial charge in [-0.1, -0.05) is 52.2 Å². The fraction of sp³-hybridized carbons (Fsp3) is 0.774. The first-order valence-corrected chi connectivity index (χ1v) is 15.2. The van der Waals surface area contributed by atoms with Crippen LogP contribution in [0.1, 0.15) is 116 Å². The van der Waals surface area contributed by atoms with Crippen molar-refractivity contribution in [1.29, 1.82) is 0 Å². The minimum atomic E-state index is 0.499. The van der Waals surface area contributed by atoms with Gasteiger partial charge in [0.15, 0.2) is 0 Å². The van der Waals surface area contributed by atoms with Crippen LogP contribution in [0.5, 0.6) is 0 Å². The van der Waals surface area contributed by atoms with Crippen molar-refractivity contribution in [2.45, 2.75) is 128 Å². The van der Waals surface area contributed by atoms with Gasteiger partial charge in [-0.15, -0.1) is 0 Å². The zero-order valence-corrected chi connectivity index (χ0v) is 22.5. The summed E-state index contributed by atoms with van der Waals surface area (Å²) >= 11 is 0. The van der Waals surface area contributed by atoms with Gasteiger partial charge in [0.25, 0.3) is 0 Å². The van der Waals surface area contributed by atoms with E-state index in [1.54, 1.807) is 0 Å². The van der Waals surface area contributed by atoms with Gasteiger partial charge in [-0.3, -0.25) is 9.80 Å². The predicted octanol–water partition coefficient (Wildman–Crippen LogP) is 7.36. The minimum Gasteiger partial charge on any atom is -0.323 e. The van der Waals surface area contributed by atoms with Crippen molar-refractivity contribution in [3.8, 4) is 0 Å². The Labute approximate surface area is 213 Å². The lowest BCUT2D eigenvalue weighted by molar-refractivity contribution is -0.0433. The average Bonchev–Trinajstić information content (AvgIpc) is 3.51. The van der Waals surface area contributed by atoms with E-state index in [4.69, 9.17) is 4.98 Å². The number of benzene rings is 1. The van der Waals surface area contributed by atoms with E-state index in [1.165, 1.54) is 100 Å². The van der Waals surface area contributed by atoms with Crippen LogP contribution < -0.4 is 0 Å². The van der Waals surface area contributed by atoms with Gasteiger partial charge in [0.2, 0.25) is 0 Å². The minimum absolute atomic E-state index is 0.499. The molecule has 35 heavy (non-hydrogen) atoms. The molecular weight excluding hydrogens is 428 g/mol. The van der Waals surface area contributed by atoms with Crippen LogP contribution in [-0.2, 0) is 0 Å². The monoisotopic (exact) mass is 476 g/mol. The molecule has 3 unspecified atom stereocenters. The fourth-order valence-corrected chi connectivity index (χ4v) is 8.81. The molecule has 3 aliphatic heterocycles. The Morgan fingerprint density at radius 1 is 0.771 bits per heavy atom. The Bertz CT molecular complexity index is 971. The first kappa shape index (κ1) is 24.0. The van der Waals surface area contributed by atoms with E-state index in [2.05, 4.69) is 59.4 Å². The van der Waals surface area contributed by atoms with Crippen molar-refractivity contribution in [3.05, 3.63) is 30.1 Å². The zero-order chi connectivity index (χ0) is 23.9.